The van der Waals surface area contributed by atoms with Gasteiger partial charge in [-0.2, -0.15) is 0 Å². The van der Waals surface area contributed by atoms with E-state index < -0.39 is 6.04 Å². The molecule has 0 spiro atoms. The van der Waals surface area contributed by atoms with Gasteiger partial charge < -0.3 is 14.6 Å². The molecule has 24 heavy (non-hydrogen) atoms. The standard InChI is InChI=1S/C18H21ClN2O3/c1-12(2)16(18(23)21(3)11-15-5-4-10-24-15)20-17(22)13-6-8-14(19)9-7-13/h4-10,12,16H,11H2,1-3H3,(H,20,22)/t16-/m0/s1. The van der Waals surface area contributed by atoms with E-state index >= 15 is 0 Å². The number of hydrogen-bond acceptors (Lipinski definition) is 3. The number of nitrogens with zero attached hydrogens (tertiary/aromatic N) is 1. The summed E-state index contributed by atoms with van der Waals surface area (Å²) in [5.74, 6) is 0.180. The Balaban J connectivity index is 2.06. The minimum atomic E-state index is -0.617. The van der Waals surface area contributed by atoms with Crippen molar-refractivity contribution in [2.24, 2.45) is 5.92 Å². The lowest BCUT2D eigenvalue weighted by atomic mass is 10.0. The monoisotopic (exact) mass is 348 g/mol. The lowest BCUT2D eigenvalue weighted by molar-refractivity contribution is -0.133. The summed E-state index contributed by atoms with van der Waals surface area (Å²) in [4.78, 5) is 26.6. The van der Waals surface area contributed by atoms with E-state index in [1.165, 1.54) is 0 Å². The fraction of sp³-hybridized carbons (Fsp3) is 0.333. The third kappa shape index (κ3) is 4.61. The van der Waals surface area contributed by atoms with Crippen LogP contribution in [0.25, 0.3) is 0 Å². The van der Waals surface area contributed by atoms with Gasteiger partial charge in [-0.15, -0.1) is 0 Å². The number of furan rings is 1. The molecule has 1 atom stereocenters. The van der Waals surface area contributed by atoms with Gasteiger partial charge in [0.1, 0.15) is 11.8 Å². The summed E-state index contributed by atoms with van der Waals surface area (Å²) in [6, 6.07) is 9.51. The third-order valence-electron chi connectivity index (χ3n) is 3.68. The second-order valence-corrected chi connectivity index (χ2v) is 6.41. The minimum Gasteiger partial charge on any atom is -0.467 e. The molecule has 2 amide bonds. The van der Waals surface area contributed by atoms with Gasteiger partial charge in [0, 0.05) is 17.6 Å². The summed E-state index contributed by atoms with van der Waals surface area (Å²) >= 11 is 5.83. The highest BCUT2D eigenvalue weighted by Crippen LogP contribution is 2.13. The Hall–Kier alpha value is -2.27. The molecule has 2 aromatic rings. The van der Waals surface area contributed by atoms with Gasteiger partial charge in [-0.1, -0.05) is 25.4 Å². The van der Waals surface area contributed by atoms with Gasteiger partial charge in [0.25, 0.3) is 5.91 Å². The summed E-state index contributed by atoms with van der Waals surface area (Å²) in [5.41, 5.74) is 0.464. The maximum Gasteiger partial charge on any atom is 0.251 e. The van der Waals surface area contributed by atoms with Gasteiger partial charge in [-0.25, -0.2) is 0 Å². The van der Waals surface area contributed by atoms with Crippen LogP contribution < -0.4 is 5.32 Å². The largest absolute Gasteiger partial charge is 0.467 e. The van der Waals surface area contributed by atoms with Gasteiger partial charge in [0.05, 0.1) is 12.8 Å². The number of hydrogen-bond donors (Lipinski definition) is 1. The number of nitrogens with one attached hydrogen (secondary N) is 1. The number of carbonyl (C=O) groups is 2. The summed E-state index contributed by atoms with van der Waals surface area (Å²) < 4.78 is 5.26. The van der Waals surface area contributed by atoms with Crippen molar-refractivity contribution in [2.45, 2.75) is 26.4 Å². The zero-order valence-electron chi connectivity index (χ0n) is 14.0. The maximum atomic E-state index is 12.7. The smallest absolute Gasteiger partial charge is 0.251 e. The van der Waals surface area contributed by atoms with Crippen molar-refractivity contribution < 1.29 is 14.0 Å². The first kappa shape index (κ1) is 18.1. The van der Waals surface area contributed by atoms with E-state index in [1.54, 1.807) is 54.6 Å². The number of halogens is 1. The first-order valence-electron chi connectivity index (χ1n) is 7.72. The summed E-state index contributed by atoms with van der Waals surface area (Å²) in [6.45, 7) is 4.14. The van der Waals surface area contributed by atoms with Crippen molar-refractivity contribution >= 4 is 23.4 Å². The van der Waals surface area contributed by atoms with Crippen molar-refractivity contribution in [3.8, 4) is 0 Å². The molecule has 0 fully saturated rings. The molecule has 1 N–H and O–H groups in total. The molecule has 1 aromatic carbocycles. The van der Waals surface area contributed by atoms with E-state index in [4.69, 9.17) is 16.0 Å². The van der Waals surface area contributed by atoms with Crippen LogP contribution >= 0.6 is 11.6 Å². The highest BCUT2D eigenvalue weighted by molar-refractivity contribution is 6.30. The molecule has 5 nitrogen and oxygen atoms in total. The highest BCUT2D eigenvalue weighted by Gasteiger charge is 2.27. The number of benzene rings is 1. The van der Waals surface area contributed by atoms with Crippen LogP contribution in [0.4, 0.5) is 0 Å². The Labute approximate surface area is 146 Å². The highest BCUT2D eigenvalue weighted by atomic mass is 35.5. The minimum absolute atomic E-state index is 0.0483. The average molecular weight is 349 g/mol. The molecule has 1 aromatic heterocycles. The van der Waals surface area contributed by atoms with E-state index in [-0.39, 0.29) is 17.7 Å². The van der Waals surface area contributed by atoms with Gasteiger partial charge in [0.2, 0.25) is 5.91 Å². The van der Waals surface area contributed by atoms with Gasteiger partial charge in [0.15, 0.2) is 0 Å². The van der Waals surface area contributed by atoms with Crippen molar-refractivity contribution in [3.63, 3.8) is 0 Å². The van der Waals surface area contributed by atoms with Crippen molar-refractivity contribution in [1.29, 1.82) is 0 Å². The molecule has 0 aliphatic heterocycles. The summed E-state index contributed by atoms with van der Waals surface area (Å²) in [6.07, 6.45) is 1.57. The molecule has 1 heterocycles. The molecule has 0 bridgehead atoms. The van der Waals surface area contributed by atoms with Crippen molar-refractivity contribution in [3.05, 3.63) is 59.0 Å². The van der Waals surface area contributed by atoms with Crippen LogP contribution in [0.2, 0.25) is 5.02 Å². The van der Waals surface area contributed by atoms with E-state index in [0.717, 1.165) is 0 Å². The Kier molecular flexibility index (Phi) is 6.04. The van der Waals surface area contributed by atoms with Crippen LogP contribution in [0, 0.1) is 5.92 Å². The number of likely N-dealkylation sites (N-methyl/N-ethyl adjacent to an activating group) is 1. The van der Waals surface area contributed by atoms with Crippen LogP contribution in [0.15, 0.2) is 47.1 Å². The molecule has 2 rings (SSSR count). The Bertz CT molecular complexity index is 681. The fourth-order valence-electron chi connectivity index (χ4n) is 2.29. The van der Waals surface area contributed by atoms with E-state index in [2.05, 4.69) is 5.32 Å². The number of carbonyl (C=O) groups excluding carboxylic acids is 2. The zero-order chi connectivity index (χ0) is 17.7. The first-order chi connectivity index (χ1) is 11.4. The molecule has 0 radical (unpaired) electrons. The quantitative estimate of drug-likeness (QED) is 0.870. The van der Waals surface area contributed by atoms with E-state index in [1.807, 2.05) is 13.8 Å². The number of rotatable bonds is 6. The van der Waals surface area contributed by atoms with Crippen LogP contribution in [-0.2, 0) is 11.3 Å². The fourth-order valence-corrected chi connectivity index (χ4v) is 2.42. The van der Waals surface area contributed by atoms with Crippen molar-refractivity contribution in [2.75, 3.05) is 7.05 Å². The zero-order valence-corrected chi connectivity index (χ0v) is 14.7. The molecular weight excluding hydrogens is 328 g/mol. The second kappa shape index (κ2) is 8.02. The molecule has 0 saturated heterocycles. The topological polar surface area (TPSA) is 62.6 Å². The molecule has 0 aliphatic rings. The molecule has 0 saturated carbocycles. The maximum absolute atomic E-state index is 12.7. The van der Waals surface area contributed by atoms with Crippen LogP contribution in [0.3, 0.4) is 0 Å². The van der Waals surface area contributed by atoms with E-state index in [0.29, 0.717) is 22.9 Å². The number of amides is 2. The van der Waals surface area contributed by atoms with Gasteiger partial charge >= 0.3 is 0 Å². The van der Waals surface area contributed by atoms with Crippen LogP contribution in [0.5, 0.6) is 0 Å². The molecule has 0 unspecified atom stereocenters. The molecule has 0 aliphatic carbocycles. The van der Waals surface area contributed by atoms with Gasteiger partial charge in [-0.05, 0) is 42.3 Å². The van der Waals surface area contributed by atoms with Gasteiger partial charge in [-0.3, -0.25) is 9.59 Å². The van der Waals surface area contributed by atoms with Crippen LogP contribution in [-0.4, -0.2) is 29.8 Å². The second-order valence-electron chi connectivity index (χ2n) is 5.98. The molecule has 6 heteroatoms. The average Bonchev–Trinajstić information content (AvgIpc) is 3.05. The molecular formula is C18H21ClN2O3. The third-order valence-corrected chi connectivity index (χ3v) is 3.93. The predicted molar refractivity (Wildman–Crippen MR) is 92.7 cm³/mol. The summed E-state index contributed by atoms with van der Waals surface area (Å²) in [7, 11) is 1.69. The lowest BCUT2D eigenvalue weighted by Gasteiger charge is -2.26. The lowest BCUT2D eigenvalue weighted by Crippen LogP contribution is -2.50. The Morgan fingerprint density at radius 1 is 1.21 bits per heavy atom. The normalized spacial score (nSPS) is 12.0. The van der Waals surface area contributed by atoms with Crippen molar-refractivity contribution in [1.82, 2.24) is 10.2 Å². The molecule has 128 valence electrons. The first-order valence-corrected chi connectivity index (χ1v) is 8.10. The van der Waals surface area contributed by atoms with E-state index in [9.17, 15) is 9.59 Å². The predicted octanol–water partition coefficient (Wildman–Crippen LogP) is 3.35. The Morgan fingerprint density at radius 3 is 2.42 bits per heavy atom. The Morgan fingerprint density at radius 2 is 1.88 bits per heavy atom. The SMILES string of the molecule is CC(C)[C@H](NC(=O)c1ccc(Cl)cc1)C(=O)N(C)Cc1ccco1. The summed E-state index contributed by atoms with van der Waals surface area (Å²) in [5, 5.41) is 3.37. The van der Waals surface area contributed by atoms with Crippen LogP contribution in [0.1, 0.15) is 30.0 Å².